The molecule has 8 rings (SSSR count). The van der Waals surface area contributed by atoms with Crippen LogP contribution in [0, 0.1) is 0 Å². The Bertz CT molecular complexity index is 2180. The normalized spacial score (nSPS) is 18.3. The molecule has 4 aliphatic heterocycles. The predicted molar refractivity (Wildman–Crippen MR) is 231 cm³/mol. The fourth-order valence-corrected chi connectivity index (χ4v) is 8.81. The summed E-state index contributed by atoms with van der Waals surface area (Å²) in [6.45, 7) is 12.0. The van der Waals surface area contributed by atoms with Crippen LogP contribution in [-0.4, -0.2) is 92.8 Å². The highest BCUT2D eigenvalue weighted by Crippen LogP contribution is 2.37. The van der Waals surface area contributed by atoms with Crippen molar-refractivity contribution < 1.29 is 38.2 Å². The van der Waals surface area contributed by atoms with Crippen LogP contribution in [0.25, 0.3) is 0 Å². The predicted octanol–water partition coefficient (Wildman–Crippen LogP) is 9.16. The number of hydrogen-bond acceptors (Lipinski definition) is 8. The highest BCUT2D eigenvalue weighted by Gasteiger charge is 2.43. The summed E-state index contributed by atoms with van der Waals surface area (Å²) < 4.78 is 13.1. The van der Waals surface area contributed by atoms with E-state index in [1.165, 1.54) is 9.80 Å². The number of carbonyl (C=O) groups is 6. The van der Waals surface area contributed by atoms with Gasteiger partial charge in [0.2, 0.25) is 0 Å². The monoisotopic (exact) mass is 940 g/mol. The highest BCUT2D eigenvalue weighted by molar-refractivity contribution is 9.10. The number of halogens is 2. The summed E-state index contributed by atoms with van der Waals surface area (Å²) in [6.07, 6.45) is 0.453. The lowest BCUT2D eigenvalue weighted by atomic mass is 9.92. The van der Waals surface area contributed by atoms with E-state index in [4.69, 9.17) is 9.47 Å². The zero-order valence-electron chi connectivity index (χ0n) is 34.3. The fourth-order valence-electron chi connectivity index (χ4n) is 7.99. The maximum atomic E-state index is 13.0. The minimum absolute atomic E-state index is 0.0836. The van der Waals surface area contributed by atoms with Gasteiger partial charge in [0.05, 0.1) is 47.4 Å². The number of carbonyl (C=O) groups excluding carboxylic acids is 6. The molecule has 4 aromatic rings. The molecule has 0 fully saturated rings. The van der Waals surface area contributed by atoms with E-state index in [0.29, 0.717) is 48.2 Å². The fraction of sp³-hybridized carbons (Fsp3) is 0.348. The molecular weight excluding hydrogens is 896 g/mol. The Labute approximate surface area is 366 Å². The van der Waals surface area contributed by atoms with E-state index in [0.717, 1.165) is 31.2 Å². The molecule has 0 spiro atoms. The third kappa shape index (κ3) is 8.76. The van der Waals surface area contributed by atoms with Gasteiger partial charge >= 0.3 is 12.2 Å². The Kier molecular flexibility index (Phi) is 11.8. The minimum atomic E-state index is -0.642. The molecule has 12 nitrogen and oxygen atoms in total. The number of ether oxygens (including phenoxy) is 2. The summed E-state index contributed by atoms with van der Waals surface area (Å²) in [5, 5.41) is 0. The first kappa shape index (κ1) is 42.8. The first-order valence-electron chi connectivity index (χ1n) is 19.8. The molecule has 6 amide bonds. The van der Waals surface area contributed by atoms with Crippen LogP contribution in [0.15, 0.2) is 93.9 Å². The first-order chi connectivity index (χ1) is 28.3. The molecule has 0 bridgehead atoms. The number of amides is 6. The van der Waals surface area contributed by atoms with Crippen LogP contribution in [0.2, 0.25) is 0 Å². The molecule has 0 aliphatic carbocycles. The molecule has 0 radical (unpaired) electrons. The second-order valence-corrected chi connectivity index (χ2v) is 18.9. The number of fused-ring (bicyclic) bond motifs is 4. The number of imide groups is 2. The van der Waals surface area contributed by atoms with Gasteiger partial charge in [0.25, 0.3) is 23.6 Å². The lowest BCUT2D eigenvalue weighted by Crippen LogP contribution is -2.48. The molecule has 0 N–H and O–H groups in total. The highest BCUT2D eigenvalue weighted by atomic mass is 79.9. The Morgan fingerprint density at radius 3 is 1.17 bits per heavy atom. The molecule has 2 atom stereocenters. The largest absolute Gasteiger partial charge is 0.444 e. The SMILES string of the molecule is CC(C)(C)OC(=O)N1CCc2cc(Br)ccc2[C@@H]1CN1C(=O)c2ccccc2C1=O.CC(C)(C)OC(=O)N1CCc2cc(Br)ccc2[C@@H]1CN1C(=O)c2ccccc2C1=O. The summed E-state index contributed by atoms with van der Waals surface area (Å²) in [7, 11) is 0. The lowest BCUT2D eigenvalue weighted by molar-refractivity contribution is 0.00942. The van der Waals surface area contributed by atoms with Gasteiger partial charge in [0.15, 0.2) is 0 Å². The quantitative estimate of drug-likeness (QED) is 0.185. The second-order valence-electron chi connectivity index (χ2n) is 17.1. The van der Waals surface area contributed by atoms with Gasteiger partial charge in [-0.3, -0.25) is 38.8 Å². The van der Waals surface area contributed by atoms with Crippen LogP contribution < -0.4 is 0 Å². The summed E-state index contributed by atoms with van der Waals surface area (Å²) in [4.78, 5) is 83.3. The van der Waals surface area contributed by atoms with Crippen molar-refractivity contribution in [2.24, 2.45) is 0 Å². The van der Waals surface area contributed by atoms with Crippen molar-refractivity contribution in [1.29, 1.82) is 0 Å². The molecule has 4 heterocycles. The van der Waals surface area contributed by atoms with Crippen LogP contribution in [0.5, 0.6) is 0 Å². The van der Waals surface area contributed by atoms with Gasteiger partial charge in [-0.1, -0.05) is 68.3 Å². The molecule has 4 aromatic carbocycles. The summed E-state index contributed by atoms with van der Waals surface area (Å²) in [6, 6.07) is 24.4. The van der Waals surface area contributed by atoms with Crippen LogP contribution in [0.3, 0.4) is 0 Å². The van der Waals surface area contributed by atoms with Crippen molar-refractivity contribution in [3.05, 3.63) is 138 Å². The van der Waals surface area contributed by atoms with E-state index < -0.39 is 35.5 Å². The van der Waals surface area contributed by atoms with Crippen molar-refractivity contribution in [3.8, 4) is 0 Å². The van der Waals surface area contributed by atoms with Crippen LogP contribution in [0.4, 0.5) is 9.59 Å². The van der Waals surface area contributed by atoms with Gasteiger partial charge in [0.1, 0.15) is 11.2 Å². The standard InChI is InChI=1S/2C23H23BrN2O4/c2*1-23(2,3)30-22(29)25-11-10-14-12-15(24)8-9-16(14)19(25)13-26-20(27)17-6-4-5-7-18(17)21(26)28/h2*4-9,12,19H,10-11,13H2,1-3H3/t2*19-/m00/s1. The van der Waals surface area contributed by atoms with Crippen molar-refractivity contribution in [3.63, 3.8) is 0 Å². The van der Waals surface area contributed by atoms with E-state index in [2.05, 4.69) is 31.9 Å². The van der Waals surface area contributed by atoms with Gasteiger partial charge in [0, 0.05) is 22.0 Å². The molecule has 14 heteroatoms. The Morgan fingerprint density at radius 2 is 0.867 bits per heavy atom. The van der Waals surface area contributed by atoms with Crippen molar-refractivity contribution in [2.45, 2.75) is 77.7 Å². The molecule has 0 unspecified atom stereocenters. The lowest BCUT2D eigenvalue weighted by Gasteiger charge is -2.39. The Hall–Kier alpha value is -5.34. The van der Waals surface area contributed by atoms with Crippen molar-refractivity contribution >= 4 is 67.7 Å². The van der Waals surface area contributed by atoms with Gasteiger partial charge in [-0.25, -0.2) is 9.59 Å². The Morgan fingerprint density at radius 1 is 0.550 bits per heavy atom. The number of rotatable bonds is 4. The molecule has 312 valence electrons. The average molecular weight is 943 g/mol. The van der Waals surface area contributed by atoms with E-state index in [-0.39, 0.29) is 36.7 Å². The third-order valence-corrected chi connectivity index (χ3v) is 11.6. The number of nitrogens with zero attached hydrogens (tertiary/aromatic N) is 4. The van der Waals surface area contributed by atoms with E-state index in [1.54, 1.807) is 58.3 Å². The topological polar surface area (TPSA) is 134 Å². The second kappa shape index (κ2) is 16.6. The van der Waals surface area contributed by atoms with Crippen LogP contribution in [-0.2, 0) is 22.3 Å². The maximum Gasteiger partial charge on any atom is 0.410 e. The average Bonchev–Trinajstić information content (AvgIpc) is 3.57. The molecular formula is C46H46Br2N4O8. The van der Waals surface area contributed by atoms with Gasteiger partial charge in [-0.15, -0.1) is 0 Å². The van der Waals surface area contributed by atoms with E-state index in [1.807, 2.05) is 77.9 Å². The van der Waals surface area contributed by atoms with E-state index >= 15 is 0 Å². The van der Waals surface area contributed by atoms with Gasteiger partial charge in [-0.2, -0.15) is 0 Å². The summed E-state index contributed by atoms with van der Waals surface area (Å²) >= 11 is 6.99. The summed E-state index contributed by atoms with van der Waals surface area (Å²) in [5.74, 6) is -1.32. The van der Waals surface area contributed by atoms with E-state index in [9.17, 15) is 28.8 Å². The summed E-state index contributed by atoms with van der Waals surface area (Å²) in [5.41, 5.74) is 4.34. The minimum Gasteiger partial charge on any atom is -0.444 e. The maximum absolute atomic E-state index is 13.0. The van der Waals surface area contributed by atoms with Crippen LogP contribution in [0.1, 0.15) is 117 Å². The number of benzene rings is 4. The molecule has 0 saturated heterocycles. The zero-order chi connectivity index (χ0) is 43.3. The van der Waals surface area contributed by atoms with Crippen molar-refractivity contribution in [2.75, 3.05) is 26.2 Å². The zero-order valence-corrected chi connectivity index (χ0v) is 37.5. The van der Waals surface area contributed by atoms with Gasteiger partial charge < -0.3 is 9.47 Å². The molecule has 4 aliphatic rings. The van der Waals surface area contributed by atoms with Crippen LogP contribution >= 0.6 is 31.9 Å². The van der Waals surface area contributed by atoms with Gasteiger partial charge in [-0.05, 0) is 125 Å². The van der Waals surface area contributed by atoms with Crippen molar-refractivity contribution in [1.82, 2.24) is 19.6 Å². The first-order valence-corrected chi connectivity index (χ1v) is 21.4. The smallest absolute Gasteiger partial charge is 0.410 e. The number of hydrogen-bond donors (Lipinski definition) is 0. The third-order valence-electron chi connectivity index (χ3n) is 10.6. The Balaban J connectivity index is 0.000000181. The molecule has 0 saturated carbocycles. The molecule has 0 aromatic heterocycles. The molecule has 60 heavy (non-hydrogen) atoms.